The molecule has 0 heterocycles. The van der Waals surface area contributed by atoms with Crippen molar-refractivity contribution < 1.29 is 9.59 Å². The van der Waals surface area contributed by atoms with E-state index in [0.29, 0.717) is 5.75 Å². The van der Waals surface area contributed by atoms with Gasteiger partial charge < -0.3 is 11.1 Å². The molecule has 1 saturated carbocycles. The van der Waals surface area contributed by atoms with E-state index in [1.54, 1.807) is 11.8 Å². The molecule has 0 aromatic rings. The Bertz CT molecular complexity index is 254. The monoisotopic (exact) mass is 244 g/mol. The topological polar surface area (TPSA) is 72.2 Å². The first-order valence-electron chi connectivity index (χ1n) is 5.70. The van der Waals surface area contributed by atoms with Crippen molar-refractivity contribution >= 4 is 23.5 Å². The Morgan fingerprint density at radius 3 is 2.69 bits per heavy atom. The average molecular weight is 244 g/mol. The number of carbonyl (C=O) groups is 2. The summed E-state index contributed by atoms with van der Waals surface area (Å²) >= 11 is 1.74. The van der Waals surface area contributed by atoms with E-state index < -0.39 is 6.04 Å². The van der Waals surface area contributed by atoms with Crippen LogP contribution in [0.15, 0.2) is 0 Å². The van der Waals surface area contributed by atoms with Gasteiger partial charge in [-0.1, -0.05) is 6.42 Å². The van der Waals surface area contributed by atoms with Gasteiger partial charge in [0, 0.05) is 5.75 Å². The number of carbonyl (C=O) groups excluding carboxylic acids is 2. The van der Waals surface area contributed by atoms with Gasteiger partial charge in [-0.25, -0.2) is 0 Å². The second-order valence-electron chi connectivity index (χ2n) is 4.36. The average Bonchev–Trinajstić information content (AvgIpc) is 2.17. The lowest BCUT2D eigenvalue weighted by atomic mass is 9.87. The van der Waals surface area contributed by atoms with Gasteiger partial charge in [-0.3, -0.25) is 9.59 Å². The van der Waals surface area contributed by atoms with E-state index in [2.05, 4.69) is 5.32 Å². The van der Waals surface area contributed by atoms with Gasteiger partial charge in [-0.15, -0.1) is 0 Å². The van der Waals surface area contributed by atoms with Crippen LogP contribution in [0, 0.1) is 5.92 Å². The van der Waals surface area contributed by atoms with Crippen molar-refractivity contribution in [1.29, 1.82) is 0 Å². The molecule has 0 saturated heterocycles. The molecule has 1 aliphatic carbocycles. The molecule has 0 spiro atoms. The van der Waals surface area contributed by atoms with Crippen LogP contribution >= 0.6 is 11.8 Å². The molecule has 0 aliphatic heterocycles. The Hall–Kier alpha value is -0.550. The largest absolute Gasteiger partial charge is 0.348 e. The molecule has 92 valence electrons. The van der Waals surface area contributed by atoms with Crippen molar-refractivity contribution in [2.45, 2.75) is 32.2 Å². The molecule has 0 aromatic carbocycles. The summed E-state index contributed by atoms with van der Waals surface area (Å²) in [5.74, 6) is 2.30. The number of hydrogen-bond donors (Lipinski definition) is 2. The fourth-order valence-electron chi connectivity index (χ4n) is 1.44. The highest BCUT2D eigenvalue weighted by atomic mass is 32.2. The summed E-state index contributed by atoms with van der Waals surface area (Å²) in [6.45, 7) is 1.52. The smallest absolute Gasteiger partial charge is 0.238 e. The third kappa shape index (κ3) is 4.99. The van der Waals surface area contributed by atoms with Crippen molar-refractivity contribution in [2.24, 2.45) is 11.7 Å². The van der Waals surface area contributed by atoms with Gasteiger partial charge in [-0.2, -0.15) is 11.8 Å². The molecule has 1 unspecified atom stereocenters. The Labute approximate surface area is 101 Å². The quantitative estimate of drug-likeness (QED) is 0.686. The van der Waals surface area contributed by atoms with Crippen molar-refractivity contribution in [1.82, 2.24) is 5.32 Å². The lowest BCUT2D eigenvalue weighted by molar-refractivity contribution is -0.125. The fraction of sp³-hybridized carbons (Fsp3) is 0.818. The van der Waals surface area contributed by atoms with Crippen molar-refractivity contribution in [3.05, 3.63) is 0 Å². The SMILES string of the molecule is CC(=O)CNC(=O)C(N)CSCC1CCC1. The van der Waals surface area contributed by atoms with E-state index in [1.807, 2.05) is 0 Å². The number of thioether (sulfide) groups is 1. The van der Waals surface area contributed by atoms with Gasteiger partial charge in [-0.05, 0) is 31.4 Å². The minimum atomic E-state index is -0.496. The van der Waals surface area contributed by atoms with Gasteiger partial charge >= 0.3 is 0 Å². The third-order valence-electron chi connectivity index (χ3n) is 2.72. The summed E-state index contributed by atoms with van der Waals surface area (Å²) < 4.78 is 0. The van der Waals surface area contributed by atoms with Crippen LogP contribution in [0.2, 0.25) is 0 Å². The van der Waals surface area contributed by atoms with Crippen LogP contribution in [0.1, 0.15) is 26.2 Å². The van der Waals surface area contributed by atoms with Gasteiger partial charge in [0.15, 0.2) is 0 Å². The summed E-state index contributed by atoms with van der Waals surface area (Å²) in [5, 5.41) is 2.52. The number of rotatable bonds is 7. The standard InChI is InChI=1S/C11H20N2O2S/c1-8(14)5-13-11(15)10(12)7-16-6-9-3-2-4-9/h9-10H,2-7,12H2,1H3,(H,13,15). The molecule has 16 heavy (non-hydrogen) atoms. The molecule has 1 fully saturated rings. The van der Waals surface area contributed by atoms with Crippen LogP contribution in [0.25, 0.3) is 0 Å². The number of ketones is 1. The summed E-state index contributed by atoms with van der Waals surface area (Å²) in [6.07, 6.45) is 3.98. The Morgan fingerprint density at radius 2 is 2.19 bits per heavy atom. The second kappa shape index (κ2) is 6.91. The zero-order valence-electron chi connectivity index (χ0n) is 9.70. The summed E-state index contributed by atoms with van der Waals surface area (Å²) in [7, 11) is 0. The fourth-order valence-corrected chi connectivity index (χ4v) is 2.65. The Balaban J connectivity index is 2.05. The Kier molecular flexibility index (Phi) is 5.84. The van der Waals surface area contributed by atoms with E-state index in [1.165, 1.54) is 26.2 Å². The van der Waals surface area contributed by atoms with Gasteiger partial charge in [0.1, 0.15) is 5.78 Å². The first kappa shape index (κ1) is 13.5. The van der Waals surface area contributed by atoms with Crippen molar-refractivity contribution in [2.75, 3.05) is 18.1 Å². The van der Waals surface area contributed by atoms with Crippen LogP contribution < -0.4 is 11.1 Å². The van der Waals surface area contributed by atoms with Gasteiger partial charge in [0.25, 0.3) is 0 Å². The van der Waals surface area contributed by atoms with E-state index in [4.69, 9.17) is 5.73 Å². The van der Waals surface area contributed by atoms with E-state index in [-0.39, 0.29) is 18.2 Å². The summed E-state index contributed by atoms with van der Waals surface area (Å²) in [5.41, 5.74) is 5.70. The number of Topliss-reactive ketones (excluding diaryl/α,β-unsaturated/α-hetero) is 1. The van der Waals surface area contributed by atoms with Crippen LogP contribution in [-0.2, 0) is 9.59 Å². The highest BCUT2D eigenvalue weighted by Gasteiger charge is 2.19. The van der Waals surface area contributed by atoms with E-state index in [9.17, 15) is 9.59 Å². The van der Waals surface area contributed by atoms with Crippen LogP contribution in [0.3, 0.4) is 0 Å². The summed E-state index contributed by atoms with van der Waals surface area (Å²) in [6, 6.07) is -0.496. The van der Waals surface area contributed by atoms with Crippen LogP contribution in [0.4, 0.5) is 0 Å². The Morgan fingerprint density at radius 1 is 1.50 bits per heavy atom. The molecule has 0 bridgehead atoms. The molecule has 1 rings (SSSR count). The lowest BCUT2D eigenvalue weighted by Gasteiger charge is -2.25. The predicted octanol–water partition coefficient (Wildman–Crippen LogP) is 0.552. The minimum absolute atomic E-state index is 0.0531. The first-order chi connectivity index (χ1) is 7.59. The molecule has 3 N–H and O–H groups in total. The van der Waals surface area contributed by atoms with E-state index >= 15 is 0 Å². The van der Waals surface area contributed by atoms with Gasteiger partial charge in [0.05, 0.1) is 12.6 Å². The molecule has 1 amide bonds. The molecule has 1 atom stereocenters. The van der Waals surface area contributed by atoms with E-state index in [0.717, 1.165) is 11.7 Å². The number of nitrogens with two attached hydrogens (primary N) is 1. The number of hydrogen-bond acceptors (Lipinski definition) is 4. The molecule has 1 aliphatic rings. The molecular weight excluding hydrogens is 224 g/mol. The molecule has 0 aromatic heterocycles. The molecule has 5 heteroatoms. The highest BCUT2D eigenvalue weighted by Crippen LogP contribution is 2.29. The van der Waals surface area contributed by atoms with Crippen LogP contribution in [0.5, 0.6) is 0 Å². The molecule has 0 radical (unpaired) electrons. The maximum absolute atomic E-state index is 11.4. The van der Waals surface area contributed by atoms with Crippen molar-refractivity contribution in [3.8, 4) is 0 Å². The number of nitrogens with one attached hydrogen (secondary N) is 1. The summed E-state index contributed by atoms with van der Waals surface area (Å²) in [4.78, 5) is 22.1. The predicted molar refractivity (Wildman–Crippen MR) is 66.3 cm³/mol. The highest BCUT2D eigenvalue weighted by molar-refractivity contribution is 7.99. The van der Waals surface area contributed by atoms with Gasteiger partial charge in [0.2, 0.25) is 5.91 Å². The lowest BCUT2D eigenvalue weighted by Crippen LogP contribution is -2.43. The minimum Gasteiger partial charge on any atom is -0.348 e. The molecule has 4 nitrogen and oxygen atoms in total. The normalized spacial score (nSPS) is 17.6. The zero-order chi connectivity index (χ0) is 12.0. The number of amides is 1. The third-order valence-corrected chi connectivity index (χ3v) is 4.03. The van der Waals surface area contributed by atoms with Crippen LogP contribution in [-0.4, -0.2) is 35.8 Å². The molecular formula is C11H20N2O2S. The zero-order valence-corrected chi connectivity index (χ0v) is 10.5. The first-order valence-corrected chi connectivity index (χ1v) is 6.85. The van der Waals surface area contributed by atoms with Crippen molar-refractivity contribution in [3.63, 3.8) is 0 Å². The second-order valence-corrected chi connectivity index (χ2v) is 5.44. The maximum atomic E-state index is 11.4. The maximum Gasteiger partial charge on any atom is 0.238 e.